The van der Waals surface area contributed by atoms with Gasteiger partial charge in [-0.15, -0.1) is 11.3 Å². The Morgan fingerprint density at radius 2 is 1.97 bits per heavy atom. The number of primary amides is 1. The Morgan fingerprint density at radius 3 is 2.66 bits per heavy atom. The van der Waals surface area contributed by atoms with Crippen LogP contribution in [0.3, 0.4) is 0 Å². The predicted molar refractivity (Wildman–Crippen MR) is 147 cm³/mol. The van der Waals surface area contributed by atoms with Gasteiger partial charge in [0.1, 0.15) is 10.6 Å². The van der Waals surface area contributed by atoms with E-state index < -0.39 is 0 Å². The highest BCUT2D eigenvalue weighted by Gasteiger charge is 2.34. The van der Waals surface area contributed by atoms with E-state index >= 15 is 0 Å². The van der Waals surface area contributed by atoms with Crippen LogP contribution in [0.15, 0.2) is 11.0 Å². The molecular formula is C27H32N4O5S2. The van der Waals surface area contributed by atoms with E-state index in [0.717, 1.165) is 103 Å². The molecule has 1 atom stereocenters. The second kappa shape index (κ2) is 10.6. The number of aromatic nitrogens is 1. The molecular weight excluding hydrogens is 524 g/mol. The van der Waals surface area contributed by atoms with Crippen molar-refractivity contribution in [1.29, 1.82) is 0 Å². The average molecular weight is 557 g/mol. The summed E-state index contributed by atoms with van der Waals surface area (Å²) in [6.45, 7) is 3.61. The smallest absolute Gasteiger partial charge is 0.293 e. The number of carbonyl (C=O) groups is 3. The molecule has 3 fully saturated rings. The van der Waals surface area contributed by atoms with Crippen molar-refractivity contribution in [2.75, 3.05) is 33.4 Å². The molecule has 2 N–H and O–H groups in total. The van der Waals surface area contributed by atoms with E-state index in [1.54, 1.807) is 17.4 Å². The highest BCUT2D eigenvalue weighted by atomic mass is 32.2. The zero-order valence-electron chi connectivity index (χ0n) is 21.4. The topological polar surface area (TPSA) is 115 Å². The molecule has 11 heteroatoms. The van der Waals surface area contributed by atoms with Crippen molar-refractivity contribution in [2.45, 2.75) is 63.0 Å². The van der Waals surface area contributed by atoms with E-state index in [1.165, 1.54) is 11.9 Å². The van der Waals surface area contributed by atoms with Crippen LogP contribution in [0.5, 0.6) is 5.75 Å². The average Bonchev–Trinajstić information content (AvgIpc) is 3.54. The first-order chi connectivity index (χ1) is 18.4. The standard InChI is InChI=1S/C27H32N4O5S2/c1-30-26(33)21(38-27(30)34)14-16-13-19(36-18-5-3-17(4-6-18)31-8-10-35-11-9-31)24-23-15(12-22(28)32)2-7-20(23)37-25(24)29-16/h13-15,17-18H,2-12H2,1H3,(H2,28,32)/t15-,17?,18?/m1/s1. The zero-order valence-corrected chi connectivity index (χ0v) is 23.1. The molecule has 1 saturated carbocycles. The molecule has 9 nitrogen and oxygen atoms in total. The van der Waals surface area contributed by atoms with Crippen LogP contribution in [-0.4, -0.2) is 77.3 Å². The van der Waals surface area contributed by atoms with Crippen LogP contribution >= 0.6 is 23.1 Å². The van der Waals surface area contributed by atoms with E-state index in [4.69, 9.17) is 20.2 Å². The Hall–Kier alpha value is -2.47. The SMILES string of the molecule is CN1C(=O)SC(=Cc2cc(OC3CCC(N4CCOCC4)CC3)c3c4c(sc3n2)CC[C@@H]4CC(N)=O)C1=O. The number of morpholine rings is 1. The number of nitrogens with two attached hydrogens (primary N) is 1. The van der Waals surface area contributed by atoms with Crippen molar-refractivity contribution in [1.82, 2.24) is 14.8 Å². The molecule has 0 bridgehead atoms. The lowest BCUT2D eigenvalue weighted by atomic mass is 9.91. The fourth-order valence-electron chi connectivity index (χ4n) is 6.16. The molecule has 3 amide bonds. The monoisotopic (exact) mass is 556 g/mol. The highest BCUT2D eigenvalue weighted by molar-refractivity contribution is 8.18. The van der Waals surface area contributed by atoms with E-state index in [1.807, 2.05) is 6.07 Å². The number of pyridine rings is 1. The van der Waals surface area contributed by atoms with Crippen molar-refractivity contribution in [3.63, 3.8) is 0 Å². The largest absolute Gasteiger partial charge is 0.490 e. The lowest BCUT2D eigenvalue weighted by Crippen LogP contribution is -2.46. The maximum absolute atomic E-state index is 12.5. The van der Waals surface area contributed by atoms with Crippen molar-refractivity contribution in [2.24, 2.45) is 5.73 Å². The van der Waals surface area contributed by atoms with Crippen LogP contribution in [-0.2, 0) is 20.7 Å². The van der Waals surface area contributed by atoms with Gasteiger partial charge in [-0.05, 0) is 67.8 Å². The van der Waals surface area contributed by atoms with Crippen LogP contribution in [0.1, 0.15) is 60.6 Å². The van der Waals surface area contributed by atoms with E-state index in [-0.39, 0.29) is 29.1 Å². The van der Waals surface area contributed by atoms with E-state index in [0.29, 0.717) is 23.1 Å². The van der Waals surface area contributed by atoms with E-state index in [2.05, 4.69) is 4.90 Å². The number of imide groups is 1. The minimum Gasteiger partial charge on any atom is -0.490 e. The number of hydrogen-bond acceptors (Lipinski definition) is 9. The summed E-state index contributed by atoms with van der Waals surface area (Å²) in [7, 11) is 1.49. The van der Waals surface area contributed by atoms with Gasteiger partial charge < -0.3 is 15.2 Å². The first kappa shape index (κ1) is 25.8. The van der Waals surface area contributed by atoms with Gasteiger partial charge in [0.05, 0.1) is 35.3 Å². The molecule has 202 valence electrons. The summed E-state index contributed by atoms with van der Waals surface area (Å²) in [5.74, 6) is 0.201. The van der Waals surface area contributed by atoms with Gasteiger partial charge in [-0.25, -0.2) is 4.98 Å². The summed E-state index contributed by atoms with van der Waals surface area (Å²) in [6.07, 6.45) is 7.97. The number of nitrogens with zero attached hydrogens (tertiary/aromatic N) is 3. The summed E-state index contributed by atoms with van der Waals surface area (Å²) < 4.78 is 12.2. The third-order valence-corrected chi connectivity index (χ3v) is 10.2. The number of thiophene rings is 1. The Labute approximate surface area is 229 Å². The molecule has 4 heterocycles. The van der Waals surface area contributed by atoms with Gasteiger partial charge in [0, 0.05) is 43.5 Å². The number of aryl methyl sites for hydroxylation is 1. The van der Waals surface area contributed by atoms with Gasteiger partial charge in [0.25, 0.3) is 11.1 Å². The Balaban J connectivity index is 1.31. The van der Waals surface area contributed by atoms with Crippen LogP contribution < -0.4 is 10.5 Å². The molecule has 2 aliphatic heterocycles. The molecule has 4 aliphatic rings. The summed E-state index contributed by atoms with van der Waals surface area (Å²) in [5, 5.41) is 0.685. The van der Waals surface area contributed by atoms with Crippen molar-refractivity contribution >= 4 is 56.4 Å². The van der Waals surface area contributed by atoms with Crippen LogP contribution in [0.2, 0.25) is 0 Å². The Kier molecular flexibility index (Phi) is 7.19. The number of hydrogen-bond donors (Lipinski definition) is 1. The first-order valence-electron chi connectivity index (χ1n) is 13.3. The number of likely N-dealkylation sites (N-methyl/N-ethyl adjacent to an activating group) is 1. The molecule has 2 saturated heterocycles. The molecule has 0 radical (unpaired) electrons. The van der Waals surface area contributed by atoms with Crippen molar-refractivity contribution < 1.29 is 23.9 Å². The fraction of sp³-hybridized carbons (Fsp3) is 0.556. The van der Waals surface area contributed by atoms with Crippen molar-refractivity contribution in [3.8, 4) is 5.75 Å². The molecule has 38 heavy (non-hydrogen) atoms. The Bertz CT molecular complexity index is 1310. The summed E-state index contributed by atoms with van der Waals surface area (Å²) in [6, 6.07) is 2.47. The van der Waals surface area contributed by atoms with Gasteiger partial charge in [-0.1, -0.05) is 0 Å². The fourth-order valence-corrected chi connectivity index (χ4v) is 8.27. The lowest BCUT2D eigenvalue weighted by molar-refractivity contribution is -0.122. The molecule has 2 aromatic rings. The lowest BCUT2D eigenvalue weighted by Gasteiger charge is -2.38. The molecule has 0 spiro atoms. The van der Waals surface area contributed by atoms with Gasteiger partial charge in [-0.2, -0.15) is 0 Å². The molecule has 6 rings (SSSR count). The van der Waals surface area contributed by atoms with Crippen molar-refractivity contribution in [3.05, 3.63) is 27.1 Å². The third-order valence-electron chi connectivity index (χ3n) is 8.10. The predicted octanol–water partition coefficient (Wildman–Crippen LogP) is 3.89. The van der Waals surface area contributed by atoms with Crippen LogP contribution in [0.4, 0.5) is 4.79 Å². The number of thioether (sulfide) groups is 1. The molecule has 2 aliphatic carbocycles. The quantitative estimate of drug-likeness (QED) is 0.533. The normalized spacial score (nSPS) is 27.4. The number of rotatable bonds is 6. The zero-order chi connectivity index (χ0) is 26.4. The number of amides is 3. The minimum absolute atomic E-state index is 0.0693. The van der Waals surface area contributed by atoms with Gasteiger partial charge >= 0.3 is 0 Å². The molecule has 0 aromatic carbocycles. The summed E-state index contributed by atoms with van der Waals surface area (Å²) in [4.78, 5) is 47.3. The van der Waals surface area contributed by atoms with Gasteiger partial charge in [0.2, 0.25) is 5.91 Å². The number of ether oxygens (including phenoxy) is 2. The maximum Gasteiger partial charge on any atom is 0.293 e. The van der Waals surface area contributed by atoms with Crippen LogP contribution in [0, 0.1) is 0 Å². The molecule has 2 aromatic heterocycles. The number of carbonyl (C=O) groups excluding carboxylic acids is 3. The minimum atomic E-state index is -0.319. The second-order valence-electron chi connectivity index (χ2n) is 10.5. The Morgan fingerprint density at radius 1 is 1.21 bits per heavy atom. The first-order valence-corrected chi connectivity index (χ1v) is 14.9. The highest BCUT2D eigenvalue weighted by Crippen LogP contribution is 2.48. The molecule has 0 unspecified atom stereocenters. The summed E-state index contributed by atoms with van der Waals surface area (Å²) >= 11 is 2.55. The second-order valence-corrected chi connectivity index (χ2v) is 12.6. The number of fused-ring (bicyclic) bond motifs is 3. The third kappa shape index (κ3) is 4.97. The van der Waals surface area contributed by atoms with Gasteiger partial charge in [0.15, 0.2) is 0 Å². The van der Waals surface area contributed by atoms with Crippen LogP contribution in [0.25, 0.3) is 16.3 Å². The summed E-state index contributed by atoms with van der Waals surface area (Å²) in [5.41, 5.74) is 7.33. The maximum atomic E-state index is 12.5. The van der Waals surface area contributed by atoms with Gasteiger partial charge in [-0.3, -0.25) is 24.2 Å². The van der Waals surface area contributed by atoms with E-state index in [9.17, 15) is 14.4 Å².